The number of hydrogen-bond acceptors (Lipinski definition) is 2. The molecule has 1 heterocycles. The highest BCUT2D eigenvalue weighted by Crippen LogP contribution is 2.19. The zero-order chi connectivity index (χ0) is 12.3. The van der Waals surface area contributed by atoms with Crippen LogP contribution in [0.5, 0.6) is 0 Å². The van der Waals surface area contributed by atoms with Gasteiger partial charge >= 0.3 is 0 Å². The van der Waals surface area contributed by atoms with Gasteiger partial charge in [0.25, 0.3) is 5.91 Å². The summed E-state index contributed by atoms with van der Waals surface area (Å²) in [4.78, 5) is 11.9. The molecule has 0 fully saturated rings. The van der Waals surface area contributed by atoms with Crippen molar-refractivity contribution in [2.45, 2.75) is 32.9 Å². The Bertz CT molecular complexity index is 379. The number of carbonyl (C=O) groups excluding carboxylic acids is 1. The molecule has 1 atom stereocenters. The second-order valence-electron chi connectivity index (χ2n) is 4.15. The summed E-state index contributed by atoms with van der Waals surface area (Å²) in [7, 11) is 0. The van der Waals surface area contributed by atoms with Gasteiger partial charge in [-0.05, 0) is 42.8 Å². The Morgan fingerprint density at radius 3 is 2.59 bits per heavy atom. The van der Waals surface area contributed by atoms with Gasteiger partial charge in [-0.1, -0.05) is 0 Å². The molecular formula is C11H19BrClN3O. The van der Waals surface area contributed by atoms with Gasteiger partial charge in [0, 0.05) is 29.3 Å². The standard InChI is InChI=1S/C11H18BrN3O.ClH/c1-7(2)15-6-9(12)4-10(15)11(16)14-8(3)5-13;/h4,6-8H,5,13H2,1-3H3,(H,14,16);1H/t8-;/m1./s1. The van der Waals surface area contributed by atoms with Gasteiger partial charge in [-0.3, -0.25) is 4.79 Å². The molecule has 17 heavy (non-hydrogen) atoms. The van der Waals surface area contributed by atoms with Crippen molar-refractivity contribution in [1.82, 2.24) is 9.88 Å². The van der Waals surface area contributed by atoms with E-state index in [-0.39, 0.29) is 30.4 Å². The highest BCUT2D eigenvalue weighted by Gasteiger charge is 2.15. The molecule has 1 aromatic rings. The Kier molecular flexibility index (Phi) is 6.82. The molecule has 1 aromatic heterocycles. The minimum Gasteiger partial charge on any atom is -0.347 e. The third-order valence-corrected chi connectivity index (χ3v) is 2.77. The van der Waals surface area contributed by atoms with Crippen LogP contribution in [-0.2, 0) is 0 Å². The van der Waals surface area contributed by atoms with Gasteiger partial charge in [-0.15, -0.1) is 12.4 Å². The molecule has 4 nitrogen and oxygen atoms in total. The lowest BCUT2D eigenvalue weighted by Crippen LogP contribution is -2.38. The van der Waals surface area contributed by atoms with Crippen molar-refractivity contribution in [2.24, 2.45) is 5.73 Å². The molecule has 1 rings (SSSR count). The van der Waals surface area contributed by atoms with Crippen LogP contribution in [0.1, 0.15) is 37.3 Å². The summed E-state index contributed by atoms with van der Waals surface area (Å²) in [6, 6.07) is 2.06. The van der Waals surface area contributed by atoms with Crippen LogP contribution in [0, 0.1) is 0 Å². The number of rotatable bonds is 4. The normalized spacial score (nSPS) is 12.1. The molecule has 0 saturated heterocycles. The van der Waals surface area contributed by atoms with Gasteiger partial charge in [-0.25, -0.2) is 0 Å². The fourth-order valence-electron chi connectivity index (χ4n) is 1.41. The summed E-state index contributed by atoms with van der Waals surface area (Å²) in [6.45, 7) is 6.40. The monoisotopic (exact) mass is 323 g/mol. The van der Waals surface area contributed by atoms with E-state index < -0.39 is 0 Å². The number of nitrogens with one attached hydrogen (secondary N) is 1. The minimum absolute atomic E-state index is 0. The van der Waals surface area contributed by atoms with Gasteiger partial charge in [0.1, 0.15) is 5.69 Å². The minimum atomic E-state index is -0.0858. The third kappa shape index (κ3) is 4.33. The van der Waals surface area contributed by atoms with Gasteiger partial charge < -0.3 is 15.6 Å². The van der Waals surface area contributed by atoms with Crippen molar-refractivity contribution >= 4 is 34.2 Å². The number of nitrogens with zero attached hydrogens (tertiary/aromatic N) is 1. The number of aromatic nitrogens is 1. The fourth-order valence-corrected chi connectivity index (χ4v) is 1.85. The van der Waals surface area contributed by atoms with Crippen LogP contribution in [0.25, 0.3) is 0 Å². The highest BCUT2D eigenvalue weighted by molar-refractivity contribution is 9.10. The highest BCUT2D eigenvalue weighted by atomic mass is 79.9. The van der Waals surface area contributed by atoms with E-state index in [9.17, 15) is 4.79 Å². The van der Waals surface area contributed by atoms with Crippen LogP contribution >= 0.6 is 28.3 Å². The van der Waals surface area contributed by atoms with Crippen molar-refractivity contribution < 1.29 is 4.79 Å². The molecule has 0 aliphatic heterocycles. The zero-order valence-corrected chi connectivity index (χ0v) is 12.6. The Morgan fingerprint density at radius 1 is 1.53 bits per heavy atom. The van der Waals surface area contributed by atoms with Crippen molar-refractivity contribution in [3.05, 3.63) is 22.4 Å². The number of carbonyl (C=O) groups is 1. The average molecular weight is 325 g/mol. The molecule has 0 aromatic carbocycles. The predicted octanol–water partition coefficient (Wildman–Crippen LogP) is 2.33. The van der Waals surface area contributed by atoms with Crippen LogP contribution < -0.4 is 11.1 Å². The largest absolute Gasteiger partial charge is 0.347 e. The molecule has 6 heteroatoms. The predicted molar refractivity (Wildman–Crippen MR) is 75.7 cm³/mol. The topological polar surface area (TPSA) is 60.0 Å². The van der Waals surface area contributed by atoms with E-state index in [0.29, 0.717) is 12.2 Å². The third-order valence-electron chi connectivity index (χ3n) is 2.34. The Hall–Kier alpha value is -0.520. The maximum atomic E-state index is 11.9. The summed E-state index contributed by atoms with van der Waals surface area (Å²) in [5.41, 5.74) is 6.13. The van der Waals surface area contributed by atoms with Crippen LogP contribution in [0.15, 0.2) is 16.7 Å². The van der Waals surface area contributed by atoms with E-state index in [1.807, 2.05) is 37.6 Å². The maximum Gasteiger partial charge on any atom is 0.268 e. The summed E-state index contributed by atoms with van der Waals surface area (Å²) < 4.78 is 2.84. The maximum absolute atomic E-state index is 11.9. The second kappa shape index (κ2) is 7.03. The SMILES string of the molecule is CC(C)n1cc(Br)cc1C(=O)N[C@H](C)CN.Cl. The van der Waals surface area contributed by atoms with Gasteiger partial charge in [0.05, 0.1) is 0 Å². The Morgan fingerprint density at radius 2 is 2.12 bits per heavy atom. The van der Waals surface area contributed by atoms with E-state index in [2.05, 4.69) is 21.2 Å². The molecule has 0 unspecified atom stereocenters. The van der Waals surface area contributed by atoms with E-state index >= 15 is 0 Å². The van der Waals surface area contributed by atoms with Gasteiger partial charge in [0.2, 0.25) is 0 Å². The molecule has 0 aliphatic rings. The fraction of sp³-hybridized carbons (Fsp3) is 0.545. The number of amides is 1. The van der Waals surface area contributed by atoms with Crippen molar-refractivity contribution in [3.8, 4) is 0 Å². The molecule has 98 valence electrons. The lowest BCUT2D eigenvalue weighted by Gasteiger charge is -2.15. The van der Waals surface area contributed by atoms with E-state index in [1.54, 1.807) is 0 Å². The van der Waals surface area contributed by atoms with Gasteiger partial charge in [-0.2, -0.15) is 0 Å². The number of halogens is 2. The quantitative estimate of drug-likeness (QED) is 0.893. The van der Waals surface area contributed by atoms with Crippen molar-refractivity contribution in [1.29, 1.82) is 0 Å². The average Bonchev–Trinajstić information content (AvgIpc) is 2.60. The molecule has 0 aliphatic carbocycles. The van der Waals surface area contributed by atoms with Crippen molar-refractivity contribution in [3.63, 3.8) is 0 Å². The zero-order valence-electron chi connectivity index (χ0n) is 10.2. The molecule has 0 spiro atoms. The molecule has 0 radical (unpaired) electrons. The smallest absolute Gasteiger partial charge is 0.268 e. The number of hydrogen-bond donors (Lipinski definition) is 2. The van der Waals surface area contributed by atoms with Crippen molar-refractivity contribution in [2.75, 3.05) is 6.54 Å². The van der Waals surface area contributed by atoms with E-state index in [4.69, 9.17) is 5.73 Å². The molecule has 0 bridgehead atoms. The summed E-state index contributed by atoms with van der Waals surface area (Å²) in [5.74, 6) is -0.0858. The summed E-state index contributed by atoms with van der Waals surface area (Å²) in [6.07, 6.45) is 1.91. The number of nitrogens with two attached hydrogens (primary N) is 1. The summed E-state index contributed by atoms with van der Waals surface area (Å²) in [5, 5.41) is 2.85. The summed E-state index contributed by atoms with van der Waals surface area (Å²) >= 11 is 3.38. The van der Waals surface area contributed by atoms with E-state index in [0.717, 1.165) is 4.47 Å². The van der Waals surface area contributed by atoms with Crippen LogP contribution in [0.2, 0.25) is 0 Å². The first-order valence-corrected chi connectivity index (χ1v) is 6.13. The first-order valence-electron chi connectivity index (χ1n) is 5.34. The Balaban J connectivity index is 0.00000256. The molecule has 3 N–H and O–H groups in total. The first kappa shape index (κ1) is 16.5. The lowest BCUT2D eigenvalue weighted by atomic mass is 10.3. The second-order valence-corrected chi connectivity index (χ2v) is 5.07. The Labute approximate surface area is 116 Å². The molecule has 0 saturated carbocycles. The van der Waals surface area contributed by atoms with Crippen LogP contribution in [-0.4, -0.2) is 23.1 Å². The molecule has 1 amide bonds. The van der Waals surface area contributed by atoms with Crippen LogP contribution in [0.4, 0.5) is 0 Å². The van der Waals surface area contributed by atoms with Crippen LogP contribution in [0.3, 0.4) is 0 Å². The van der Waals surface area contributed by atoms with Gasteiger partial charge in [0.15, 0.2) is 0 Å². The molecular weight excluding hydrogens is 305 g/mol. The lowest BCUT2D eigenvalue weighted by molar-refractivity contribution is 0.0930. The van der Waals surface area contributed by atoms with E-state index in [1.165, 1.54) is 0 Å². The first-order chi connectivity index (χ1) is 7.45.